The number of hydrogen-bond acceptors (Lipinski definition) is 1. The Kier molecular flexibility index (Phi) is 2.00. The van der Waals surface area contributed by atoms with Crippen LogP contribution in [0.1, 0.15) is 22.8 Å². The largest absolute Gasteiger partial charge is 0.335 e. The molecule has 1 aliphatic rings. The molecule has 0 spiro atoms. The number of halogens is 1. The van der Waals surface area contributed by atoms with Crippen LogP contribution in [-0.4, -0.2) is 17.4 Å². The molecule has 0 fully saturated rings. The molecule has 1 aliphatic heterocycles. The van der Waals surface area contributed by atoms with Crippen molar-refractivity contribution in [2.24, 2.45) is 0 Å². The molecular weight excluding hydrogens is 186 g/mol. The van der Waals surface area contributed by atoms with E-state index in [0.717, 1.165) is 17.7 Å². The van der Waals surface area contributed by atoms with Gasteiger partial charge < -0.3 is 4.90 Å². The van der Waals surface area contributed by atoms with Crippen LogP contribution >= 0.6 is 11.6 Å². The van der Waals surface area contributed by atoms with Gasteiger partial charge in [0.1, 0.15) is 0 Å². The van der Waals surface area contributed by atoms with E-state index in [4.69, 9.17) is 11.6 Å². The van der Waals surface area contributed by atoms with Crippen LogP contribution in [0.5, 0.6) is 0 Å². The standard InChI is InChI=1S/C10H10ClNO/c1-2-12-6-7-5-8(11)3-4-9(7)10(12)13/h3-5H,2,6H2,1H3. The van der Waals surface area contributed by atoms with Crippen molar-refractivity contribution in [2.45, 2.75) is 13.5 Å². The van der Waals surface area contributed by atoms with Crippen LogP contribution < -0.4 is 0 Å². The van der Waals surface area contributed by atoms with Gasteiger partial charge in [-0.2, -0.15) is 0 Å². The first-order valence-corrected chi connectivity index (χ1v) is 4.68. The monoisotopic (exact) mass is 195 g/mol. The van der Waals surface area contributed by atoms with Gasteiger partial charge in [-0.15, -0.1) is 0 Å². The molecule has 0 N–H and O–H groups in total. The Labute approximate surface area is 82.1 Å². The van der Waals surface area contributed by atoms with Crippen molar-refractivity contribution in [3.8, 4) is 0 Å². The smallest absolute Gasteiger partial charge is 0.254 e. The van der Waals surface area contributed by atoms with Gasteiger partial charge in [0.05, 0.1) is 0 Å². The molecule has 68 valence electrons. The first kappa shape index (κ1) is 8.57. The lowest BCUT2D eigenvalue weighted by Crippen LogP contribution is -2.22. The van der Waals surface area contributed by atoms with E-state index in [1.807, 2.05) is 13.0 Å². The molecule has 0 aliphatic carbocycles. The fraction of sp³-hybridized carbons (Fsp3) is 0.300. The van der Waals surface area contributed by atoms with Crippen molar-refractivity contribution in [3.05, 3.63) is 34.3 Å². The number of benzene rings is 1. The van der Waals surface area contributed by atoms with Gasteiger partial charge in [0.25, 0.3) is 5.91 Å². The summed E-state index contributed by atoms with van der Waals surface area (Å²) in [6.07, 6.45) is 0. The van der Waals surface area contributed by atoms with Crippen molar-refractivity contribution >= 4 is 17.5 Å². The highest BCUT2D eigenvalue weighted by Crippen LogP contribution is 2.25. The molecule has 0 saturated carbocycles. The molecule has 2 nitrogen and oxygen atoms in total. The third-order valence-electron chi connectivity index (χ3n) is 2.33. The van der Waals surface area contributed by atoms with Gasteiger partial charge in [0, 0.05) is 23.7 Å². The van der Waals surface area contributed by atoms with Crippen LogP contribution in [0.4, 0.5) is 0 Å². The minimum Gasteiger partial charge on any atom is -0.335 e. The molecule has 1 amide bonds. The Morgan fingerprint density at radius 1 is 1.54 bits per heavy atom. The summed E-state index contributed by atoms with van der Waals surface area (Å²) >= 11 is 5.83. The van der Waals surface area contributed by atoms with E-state index in [2.05, 4.69) is 0 Å². The first-order chi connectivity index (χ1) is 6.22. The Bertz CT molecular complexity index is 362. The third kappa shape index (κ3) is 1.31. The number of amides is 1. The molecule has 3 heteroatoms. The summed E-state index contributed by atoms with van der Waals surface area (Å²) in [5.41, 5.74) is 1.84. The predicted octanol–water partition coefficient (Wildman–Crippen LogP) is 2.32. The summed E-state index contributed by atoms with van der Waals surface area (Å²) in [7, 11) is 0. The first-order valence-electron chi connectivity index (χ1n) is 4.30. The van der Waals surface area contributed by atoms with Gasteiger partial charge >= 0.3 is 0 Å². The SMILES string of the molecule is CCN1Cc2cc(Cl)ccc2C1=O. The number of carbonyl (C=O) groups excluding carboxylic acids is 1. The summed E-state index contributed by atoms with van der Waals surface area (Å²) in [4.78, 5) is 13.4. The zero-order valence-corrected chi connectivity index (χ0v) is 8.14. The third-order valence-corrected chi connectivity index (χ3v) is 2.56. The van der Waals surface area contributed by atoms with Crippen molar-refractivity contribution in [1.29, 1.82) is 0 Å². The fourth-order valence-electron chi connectivity index (χ4n) is 1.60. The number of hydrogen-bond donors (Lipinski definition) is 0. The number of carbonyl (C=O) groups is 1. The second kappa shape index (κ2) is 3.04. The van der Waals surface area contributed by atoms with Crippen LogP contribution in [0.15, 0.2) is 18.2 Å². The minimum absolute atomic E-state index is 0.120. The Balaban J connectivity index is 2.44. The van der Waals surface area contributed by atoms with Crippen molar-refractivity contribution in [3.63, 3.8) is 0 Å². The molecule has 0 bridgehead atoms. The highest BCUT2D eigenvalue weighted by Gasteiger charge is 2.25. The average molecular weight is 196 g/mol. The number of nitrogens with zero attached hydrogens (tertiary/aromatic N) is 1. The van der Waals surface area contributed by atoms with Crippen LogP contribution in [0.25, 0.3) is 0 Å². The van der Waals surface area contributed by atoms with E-state index in [1.165, 1.54) is 0 Å². The van der Waals surface area contributed by atoms with Gasteiger partial charge in [-0.05, 0) is 30.7 Å². The van der Waals surface area contributed by atoms with Crippen LogP contribution in [0, 0.1) is 0 Å². The maximum atomic E-state index is 11.6. The van der Waals surface area contributed by atoms with Crippen LogP contribution in [0.2, 0.25) is 5.02 Å². The zero-order chi connectivity index (χ0) is 9.42. The number of rotatable bonds is 1. The van der Waals surface area contributed by atoms with Gasteiger partial charge in [0.15, 0.2) is 0 Å². The van der Waals surface area contributed by atoms with Gasteiger partial charge in [-0.3, -0.25) is 4.79 Å². The molecule has 0 atom stereocenters. The molecule has 0 saturated heterocycles. The van der Waals surface area contributed by atoms with E-state index in [9.17, 15) is 4.79 Å². The van der Waals surface area contributed by atoms with Crippen LogP contribution in [0.3, 0.4) is 0 Å². The van der Waals surface area contributed by atoms with Gasteiger partial charge in [-0.1, -0.05) is 11.6 Å². The highest BCUT2D eigenvalue weighted by molar-refractivity contribution is 6.30. The van der Waals surface area contributed by atoms with Gasteiger partial charge in [0.2, 0.25) is 0 Å². The highest BCUT2D eigenvalue weighted by atomic mass is 35.5. The fourth-order valence-corrected chi connectivity index (χ4v) is 1.80. The minimum atomic E-state index is 0.120. The summed E-state index contributed by atoms with van der Waals surface area (Å²) in [5.74, 6) is 0.120. The average Bonchev–Trinajstić information content (AvgIpc) is 2.42. The van der Waals surface area contributed by atoms with Crippen molar-refractivity contribution < 1.29 is 4.79 Å². The zero-order valence-electron chi connectivity index (χ0n) is 7.38. The van der Waals surface area contributed by atoms with E-state index >= 15 is 0 Å². The molecule has 0 aromatic heterocycles. The topological polar surface area (TPSA) is 20.3 Å². The lowest BCUT2D eigenvalue weighted by molar-refractivity contribution is 0.0787. The molecule has 0 radical (unpaired) electrons. The summed E-state index contributed by atoms with van der Waals surface area (Å²) in [6.45, 7) is 3.43. The van der Waals surface area contributed by atoms with Crippen molar-refractivity contribution in [2.75, 3.05) is 6.54 Å². The maximum Gasteiger partial charge on any atom is 0.254 e. The normalized spacial score (nSPS) is 14.9. The Morgan fingerprint density at radius 2 is 2.31 bits per heavy atom. The molecule has 1 heterocycles. The molecular formula is C10H10ClNO. The van der Waals surface area contributed by atoms with E-state index in [0.29, 0.717) is 11.6 Å². The quantitative estimate of drug-likeness (QED) is 0.674. The molecule has 1 aromatic carbocycles. The van der Waals surface area contributed by atoms with Crippen LogP contribution in [-0.2, 0) is 6.54 Å². The molecule has 2 rings (SSSR count). The second-order valence-electron chi connectivity index (χ2n) is 3.12. The van der Waals surface area contributed by atoms with E-state index in [1.54, 1.807) is 17.0 Å². The Hall–Kier alpha value is -1.02. The van der Waals surface area contributed by atoms with E-state index in [-0.39, 0.29) is 5.91 Å². The summed E-state index contributed by atoms with van der Waals surface area (Å²) in [6, 6.07) is 5.43. The molecule has 1 aromatic rings. The summed E-state index contributed by atoms with van der Waals surface area (Å²) in [5, 5.41) is 0.699. The summed E-state index contributed by atoms with van der Waals surface area (Å²) < 4.78 is 0. The van der Waals surface area contributed by atoms with Crippen molar-refractivity contribution in [1.82, 2.24) is 4.90 Å². The second-order valence-corrected chi connectivity index (χ2v) is 3.56. The van der Waals surface area contributed by atoms with E-state index < -0.39 is 0 Å². The number of fused-ring (bicyclic) bond motifs is 1. The van der Waals surface area contributed by atoms with Gasteiger partial charge in [-0.25, -0.2) is 0 Å². The predicted molar refractivity (Wildman–Crippen MR) is 51.9 cm³/mol. The lowest BCUT2D eigenvalue weighted by atomic mass is 10.1. The lowest BCUT2D eigenvalue weighted by Gasteiger charge is -2.10. The Morgan fingerprint density at radius 3 is 3.00 bits per heavy atom. The molecule has 0 unspecified atom stereocenters. The molecule has 13 heavy (non-hydrogen) atoms. The maximum absolute atomic E-state index is 11.6.